The van der Waals surface area contributed by atoms with Crippen LogP contribution in [-0.4, -0.2) is 5.11 Å². The van der Waals surface area contributed by atoms with Crippen molar-refractivity contribution < 1.29 is 5.11 Å². The highest BCUT2D eigenvalue weighted by Gasteiger charge is 2.17. The molecule has 0 heterocycles. The van der Waals surface area contributed by atoms with Crippen LogP contribution >= 0.6 is 39.1 Å². The summed E-state index contributed by atoms with van der Waals surface area (Å²) in [5.74, 6) is 0. The summed E-state index contributed by atoms with van der Waals surface area (Å²) in [7, 11) is 0. The summed E-state index contributed by atoms with van der Waals surface area (Å²) in [5, 5.41) is 11.3. The molecule has 0 radical (unpaired) electrons. The maximum Gasteiger partial charge on any atom is 0.107 e. The maximum absolute atomic E-state index is 10.3. The van der Waals surface area contributed by atoms with E-state index in [2.05, 4.69) is 15.9 Å². The van der Waals surface area contributed by atoms with E-state index >= 15 is 0 Å². The minimum Gasteiger partial charge on any atom is -0.384 e. The highest BCUT2D eigenvalue weighted by atomic mass is 79.9. The summed E-state index contributed by atoms with van der Waals surface area (Å²) in [6.45, 7) is 0. The van der Waals surface area contributed by atoms with E-state index in [1.54, 1.807) is 12.1 Å². The van der Waals surface area contributed by atoms with Gasteiger partial charge in [0.15, 0.2) is 0 Å². The van der Waals surface area contributed by atoms with Crippen LogP contribution in [0.25, 0.3) is 0 Å². The SMILES string of the molecule is OC(c1ccccc1)c1c(Cl)cc(Cl)cc1Br. The number of aliphatic hydroxyl groups excluding tert-OH is 1. The second-order valence-corrected chi connectivity index (χ2v) is 5.29. The lowest BCUT2D eigenvalue weighted by Gasteiger charge is -2.15. The van der Waals surface area contributed by atoms with Gasteiger partial charge in [0.2, 0.25) is 0 Å². The standard InChI is InChI=1S/C13H9BrCl2O/c14-10-6-9(15)7-11(16)12(10)13(17)8-4-2-1-3-5-8/h1-7,13,17H. The molecule has 0 fully saturated rings. The first-order chi connectivity index (χ1) is 8.09. The van der Waals surface area contributed by atoms with Crippen LogP contribution in [0.1, 0.15) is 17.2 Å². The Morgan fingerprint density at radius 1 is 1.06 bits per heavy atom. The molecule has 0 aliphatic rings. The first-order valence-electron chi connectivity index (χ1n) is 4.97. The molecule has 0 saturated carbocycles. The van der Waals surface area contributed by atoms with Crippen molar-refractivity contribution in [3.05, 3.63) is 68.1 Å². The largest absolute Gasteiger partial charge is 0.384 e. The Kier molecular flexibility index (Phi) is 4.10. The van der Waals surface area contributed by atoms with E-state index in [0.717, 1.165) is 5.56 Å². The minimum atomic E-state index is -0.768. The molecule has 2 rings (SSSR count). The maximum atomic E-state index is 10.3. The predicted octanol–water partition coefficient (Wildman–Crippen LogP) is 4.84. The Hall–Kier alpha value is -0.540. The third-order valence-corrected chi connectivity index (χ3v) is 3.62. The summed E-state index contributed by atoms with van der Waals surface area (Å²) < 4.78 is 0.700. The molecule has 1 N–H and O–H groups in total. The third kappa shape index (κ3) is 2.83. The summed E-state index contributed by atoms with van der Waals surface area (Å²) in [5.41, 5.74) is 1.42. The van der Waals surface area contributed by atoms with Gasteiger partial charge < -0.3 is 5.11 Å². The Morgan fingerprint density at radius 2 is 1.71 bits per heavy atom. The van der Waals surface area contributed by atoms with E-state index in [1.165, 1.54) is 0 Å². The molecule has 0 amide bonds. The van der Waals surface area contributed by atoms with Crippen molar-refractivity contribution in [1.29, 1.82) is 0 Å². The van der Waals surface area contributed by atoms with E-state index in [1.807, 2.05) is 30.3 Å². The Labute approximate surface area is 118 Å². The molecule has 17 heavy (non-hydrogen) atoms. The van der Waals surface area contributed by atoms with Crippen molar-refractivity contribution in [2.24, 2.45) is 0 Å². The van der Waals surface area contributed by atoms with Gasteiger partial charge in [-0.3, -0.25) is 0 Å². The fraction of sp³-hybridized carbons (Fsp3) is 0.0769. The number of benzene rings is 2. The molecule has 1 nitrogen and oxygen atoms in total. The van der Waals surface area contributed by atoms with Crippen molar-refractivity contribution in [1.82, 2.24) is 0 Å². The Balaban J connectivity index is 2.48. The van der Waals surface area contributed by atoms with Crippen LogP contribution in [0.3, 0.4) is 0 Å². The van der Waals surface area contributed by atoms with E-state index in [-0.39, 0.29) is 0 Å². The normalized spacial score (nSPS) is 12.5. The van der Waals surface area contributed by atoms with E-state index in [9.17, 15) is 5.11 Å². The molecule has 0 aliphatic carbocycles. The summed E-state index contributed by atoms with van der Waals surface area (Å²) in [6.07, 6.45) is -0.768. The van der Waals surface area contributed by atoms with Crippen molar-refractivity contribution in [2.45, 2.75) is 6.10 Å². The van der Waals surface area contributed by atoms with E-state index in [4.69, 9.17) is 23.2 Å². The van der Waals surface area contributed by atoms with Crippen LogP contribution < -0.4 is 0 Å². The summed E-state index contributed by atoms with van der Waals surface area (Å²) in [6, 6.07) is 12.7. The van der Waals surface area contributed by atoms with Gasteiger partial charge in [0.05, 0.1) is 0 Å². The molecular formula is C13H9BrCl2O. The predicted molar refractivity (Wildman–Crippen MR) is 74.7 cm³/mol. The van der Waals surface area contributed by atoms with Crippen LogP contribution in [0.2, 0.25) is 10.0 Å². The van der Waals surface area contributed by atoms with Gasteiger partial charge in [-0.2, -0.15) is 0 Å². The highest BCUT2D eigenvalue weighted by molar-refractivity contribution is 9.10. The summed E-state index contributed by atoms with van der Waals surface area (Å²) in [4.78, 5) is 0. The second kappa shape index (κ2) is 5.40. The van der Waals surface area contributed by atoms with Gasteiger partial charge in [-0.25, -0.2) is 0 Å². The average Bonchev–Trinajstić information content (AvgIpc) is 2.28. The molecule has 1 atom stereocenters. The lowest BCUT2D eigenvalue weighted by molar-refractivity contribution is 0.219. The number of aliphatic hydroxyl groups is 1. The van der Waals surface area contributed by atoms with Crippen molar-refractivity contribution in [3.8, 4) is 0 Å². The van der Waals surface area contributed by atoms with Gasteiger partial charge in [-0.15, -0.1) is 0 Å². The molecule has 2 aromatic carbocycles. The van der Waals surface area contributed by atoms with Gasteiger partial charge in [0.25, 0.3) is 0 Å². The number of rotatable bonds is 2. The topological polar surface area (TPSA) is 20.2 Å². The van der Waals surface area contributed by atoms with Crippen molar-refractivity contribution >= 4 is 39.1 Å². The lowest BCUT2D eigenvalue weighted by Crippen LogP contribution is -2.01. The molecule has 4 heteroatoms. The molecule has 1 unspecified atom stereocenters. The molecule has 0 aromatic heterocycles. The van der Waals surface area contributed by atoms with Crippen LogP contribution in [0.4, 0.5) is 0 Å². The first kappa shape index (κ1) is 12.9. The molecule has 0 spiro atoms. The molecule has 88 valence electrons. The van der Waals surface area contributed by atoms with Gasteiger partial charge in [0, 0.05) is 20.1 Å². The molecule has 0 saturated heterocycles. The lowest BCUT2D eigenvalue weighted by atomic mass is 10.0. The minimum absolute atomic E-state index is 0.445. The molecular weight excluding hydrogens is 323 g/mol. The smallest absolute Gasteiger partial charge is 0.107 e. The average molecular weight is 332 g/mol. The Bertz CT molecular complexity index is 505. The zero-order chi connectivity index (χ0) is 12.4. The second-order valence-electron chi connectivity index (χ2n) is 3.60. The fourth-order valence-corrected chi connectivity index (χ4v) is 3.14. The number of halogens is 3. The zero-order valence-electron chi connectivity index (χ0n) is 8.70. The van der Waals surface area contributed by atoms with Crippen LogP contribution in [-0.2, 0) is 0 Å². The number of hydrogen-bond donors (Lipinski definition) is 1. The quantitative estimate of drug-likeness (QED) is 0.835. The van der Waals surface area contributed by atoms with Gasteiger partial charge in [-0.1, -0.05) is 69.5 Å². The summed E-state index contributed by atoms with van der Waals surface area (Å²) >= 11 is 15.3. The van der Waals surface area contributed by atoms with Crippen LogP contribution in [0, 0.1) is 0 Å². The Morgan fingerprint density at radius 3 is 2.29 bits per heavy atom. The van der Waals surface area contributed by atoms with Crippen molar-refractivity contribution in [2.75, 3.05) is 0 Å². The van der Waals surface area contributed by atoms with Crippen LogP contribution in [0.5, 0.6) is 0 Å². The van der Waals surface area contributed by atoms with Gasteiger partial charge in [0.1, 0.15) is 6.10 Å². The molecule has 0 bridgehead atoms. The highest BCUT2D eigenvalue weighted by Crippen LogP contribution is 2.36. The number of hydrogen-bond acceptors (Lipinski definition) is 1. The van der Waals surface area contributed by atoms with Crippen molar-refractivity contribution in [3.63, 3.8) is 0 Å². The van der Waals surface area contributed by atoms with E-state index < -0.39 is 6.10 Å². The first-order valence-corrected chi connectivity index (χ1v) is 6.52. The van der Waals surface area contributed by atoms with Crippen LogP contribution in [0.15, 0.2) is 46.9 Å². The molecule has 2 aromatic rings. The van der Waals surface area contributed by atoms with Gasteiger partial charge in [-0.05, 0) is 17.7 Å². The van der Waals surface area contributed by atoms with E-state index in [0.29, 0.717) is 20.1 Å². The van der Waals surface area contributed by atoms with Gasteiger partial charge >= 0.3 is 0 Å². The monoisotopic (exact) mass is 330 g/mol. The zero-order valence-corrected chi connectivity index (χ0v) is 11.8. The molecule has 0 aliphatic heterocycles. The fourth-order valence-electron chi connectivity index (χ4n) is 1.62. The third-order valence-electron chi connectivity index (χ3n) is 2.43.